The lowest BCUT2D eigenvalue weighted by molar-refractivity contribution is -0.123. The second-order valence-electron chi connectivity index (χ2n) is 9.54. The standard InChI is InChI=1S/C28H30N4O3S3/c1-19-15-25-26(16-20(19)2)37-28(30-25)32(18-21-5-4-12-29-17-21)27(33)22-10-13-31(14-11-22)38(34,35)24-8-6-23(36-3)7-9-24/h4-9,12,15-17,22H,10-11,13-14,18H2,1-3H3. The van der Waals surface area contributed by atoms with Crippen molar-refractivity contribution in [3.63, 3.8) is 0 Å². The molecule has 1 fully saturated rings. The van der Waals surface area contributed by atoms with Gasteiger partial charge in [0, 0.05) is 36.3 Å². The lowest BCUT2D eigenvalue weighted by Gasteiger charge is -2.33. The van der Waals surface area contributed by atoms with Crippen molar-refractivity contribution in [2.24, 2.45) is 5.92 Å². The molecule has 5 rings (SSSR count). The predicted octanol–water partition coefficient (Wildman–Crippen LogP) is 5.66. The molecule has 0 radical (unpaired) electrons. The number of amides is 1. The van der Waals surface area contributed by atoms with Gasteiger partial charge in [-0.2, -0.15) is 4.31 Å². The zero-order chi connectivity index (χ0) is 26.9. The third-order valence-corrected chi connectivity index (χ3v) is 10.8. The molecule has 0 unspecified atom stereocenters. The van der Waals surface area contributed by atoms with Gasteiger partial charge in [-0.25, -0.2) is 13.4 Å². The minimum absolute atomic E-state index is 0.0253. The van der Waals surface area contributed by atoms with Crippen LogP contribution in [-0.4, -0.2) is 47.9 Å². The van der Waals surface area contributed by atoms with Crippen LogP contribution in [0.3, 0.4) is 0 Å². The molecule has 0 spiro atoms. The van der Waals surface area contributed by atoms with E-state index in [1.807, 2.05) is 30.5 Å². The van der Waals surface area contributed by atoms with E-state index in [4.69, 9.17) is 4.98 Å². The number of sulfonamides is 1. The Morgan fingerprint density at radius 3 is 2.47 bits per heavy atom. The van der Waals surface area contributed by atoms with E-state index in [9.17, 15) is 13.2 Å². The average molecular weight is 567 g/mol. The number of hydrogen-bond donors (Lipinski definition) is 0. The lowest BCUT2D eigenvalue weighted by Crippen LogP contribution is -2.44. The van der Waals surface area contributed by atoms with Crippen LogP contribution in [0.2, 0.25) is 0 Å². The summed E-state index contributed by atoms with van der Waals surface area (Å²) in [6.45, 7) is 5.12. The van der Waals surface area contributed by atoms with Crippen LogP contribution in [-0.2, 0) is 21.4 Å². The molecule has 1 aliphatic rings. The summed E-state index contributed by atoms with van der Waals surface area (Å²) in [5.41, 5.74) is 4.15. The fourth-order valence-electron chi connectivity index (χ4n) is 4.66. The normalized spacial score (nSPS) is 15.1. The number of fused-ring (bicyclic) bond motifs is 1. The zero-order valence-corrected chi connectivity index (χ0v) is 24.1. The number of anilines is 1. The predicted molar refractivity (Wildman–Crippen MR) is 154 cm³/mol. The van der Waals surface area contributed by atoms with Gasteiger partial charge in [0.25, 0.3) is 0 Å². The van der Waals surface area contributed by atoms with Crippen LogP contribution in [0.5, 0.6) is 0 Å². The van der Waals surface area contributed by atoms with Crippen LogP contribution in [0.4, 0.5) is 5.13 Å². The van der Waals surface area contributed by atoms with Gasteiger partial charge in [-0.15, -0.1) is 11.8 Å². The highest BCUT2D eigenvalue weighted by molar-refractivity contribution is 7.98. The quantitative estimate of drug-likeness (QED) is 0.268. The number of benzene rings is 2. The first-order chi connectivity index (χ1) is 18.3. The largest absolute Gasteiger partial charge is 0.283 e. The van der Waals surface area contributed by atoms with Gasteiger partial charge >= 0.3 is 0 Å². The number of rotatable bonds is 7. The summed E-state index contributed by atoms with van der Waals surface area (Å²) in [7, 11) is -3.60. The minimum atomic E-state index is -3.60. The monoisotopic (exact) mass is 566 g/mol. The highest BCUT2D eigenvalue weighted by Crippen LogP contribution is 2.34. The molecule has 3 heterocycles. The molecular weight excluding hydrogens is 537 g/mol. The molecule has 2 aromatic heterocycles. The Morgan fingerprint density at radius 1 is 1.11 bits per heavy atom. The fourth-order valence-corrected chi connectivity index (χ4v) is 7.59. The van der Waals surface area contributed by atoms with Gasteiger partial charge in [-0.3, -0.25) is 14.7 Å². The van der Waals surface area contributed by atoms with Crippen molar-refractivity contribution in [1.29, 1.82) is 0 Å². The highest BCUT2D eigenvalue weighted by Gasteiger charge is 2.35. The van der Waals surface area contributed by atoms with Crippen LogP contribution < -0.4 is 4.90 Å². The molecule has 0 N–H and O–H groups in total. The average Bonchev–Trinajstić information content (AvgIpc) is 3.34. The van der Waals surface area contributed by atoms with Crippen LogP contribution in [0.25, 0.3) is 10.2 Å². The molecule has 7 nitrogen and oxygen atoms in total. The Labute approximate surface area is 232 Å². The molecule has 0 aliphatic carbocycles. The number of piperidine rings is 1. The van der Waals surface area contributed by atoms with Crippen LogP contribution in [0.15, 0.2) is 70.7 Å². The van der Waals surface area contributed by atoms with Crippen molar-refractivity contribution >= 4 is 54.4 Å². The first-order valence-corrected chi connectivity index (χ1v) is 16.0. The number of aromatic nitrogens is 2. The van der Waals surface area contributed by atoms with E-state index >= 15 is 0 Å². The van der Waals surface area contributed by atoms with Crippen molar-refractivity contribution in [3.05, 3.63) is 77.6 Å². The van der Waals surface area contributed by atoms with E-state index < -0.39 is 10.0 Å². The molecule has 0 saturated carbocycles. The lowest BCUT2D eigenvalue weighted by atomic mass is 9.96. The van der Waals surface area contributed by atoms with Crippen LogP contribution in [0.1, 0.15) is 29.5 Å². The van der Waals surface area contributed by atoms with E-state index in [1.54, 1.807) is 41.2 Å². The number of aryl methyl sites for hydroxylation is 2. The van der Waals surface area contributed by atoms with Crippen LogP contribution in [0, 0.1) is 19.8 Å². The third kappa shape index (κ3) is 5.49. The van der Waals surface area contributed by atoms with Gasteiger partial charge in [-0.1, -0.05) is 17.4 Å². The summed E-state index contributed by atoms with van der Waals surface area (Å²) < 4.78 is 29.0. The van der Waals surface area contributed by atoms with Gasteiger partial charge in [0.2, 0.25) is 15.9 Å². The molecular formula is C28H30N4O3S3. The Morgan fingerprint density at radius 2 is 1.82 bits per heavy atom. The topological polar surface area (TPSA) is 83.5 Å². The summed E-state index contributed by atoms with van der Waals surface area (Å²) >= 11 is 3.08. The molecule has 38 heavy (non-hydrogen) atoms. The maximum absolute atomic E-state index is 13.9. The molecule has 1 saturated heterocycles. The third-order valence-electron chi connectivity index (χ3n) is 7.05. The Balaban J connectivity index is 1.37. The number of pyridine rings is 1. The molecule has 2 aromatic carbocycles. The van der Waals surface area contributed by atoms with Gasteiger partial charge in [-0.05, 0) is 92.1 Å². The van der Waals surface area contributed by atoms with E-state index in [2.05, 4.69) is 31.0 Å². The molecule has 198 valence electrons. The summed E-state index contributed by atoms with van der Waals surface area (Å²) in [6, 6.07) is 15.0. The van der Waals surface area contributed by atoms with E-state index in [-0.39, 0.29) is 11.8 Å². The number of carbonyl (C=O) groups excluding carboxylic acids is 1. The van der Waals surface area contributed by atoms with Crippen molar-refractivity contribution in [2.45, 2.75) is 43.0 Å². The maximum atomic E-state index is 13.9. The smallest absolute Gasteiger partial charge is 0.243 e. The number of nitrogens with zero attached hydrogens (tertiary/aromatic N) is 4. The Hall–Kier alpha value is -2.79. The van der Waals surface area contributed by atoms with Gasteiger partial charge in [0.15, 0.2) is 5.13 Å². The number of hydrogen-bond acceptors (Lipinski definition) is 7. The zero-order valence-electron chi connectivity index (χ0n) is 21.6. The summed E-state index contributed by atoms with van der Waals surface area (Å²) in [6.07, 6.45) is 6.36. The van der Waals surface area contributed by atoms with Gasteiger partial charge in [0.05, 0.1) is 21.7 Å². The van der Waals surface area contributed by atoms with E-state index in [1.165, 1.54) is 21.2 Å². The minimum Gasteiger partial charge on any atom is -0.283 e. The highest BCUT2D eigenvalue weighted by atomic mass is 32.2. The molecule has 4 aromatic rings. The Bertz CT molecular complexity index is 1510. The van der Waals surface area contributed by atoms with Crippen molar-refractivity contribution < 1.29 is 13.2 Å². The number of thiazole rings is 1. The number of carbonyl (C=O) groups is 1. The second-order valence-corrected chi connectivity index (χ2v) is 13.4. The van der Waals surface area contributed by atoms with Crippen molar-refractivity contribution in [3.8, 4) is 0 Å². The second kappa shape index (κ2) is 11.1. The summed E-state index contributed by atoms with van der Waals surface area (Å²) in [5, 5.41) is 0.655. The fraction of sp³-hybridized carbons (Fsp3) is 0.321. The molecule has 1 aliphatic heterocycles. The van der Waals surface area contributed by atoms with E-state index in [0.29, 0.717) is 42.5 Å². The van der Waals surface area contributed by atoms with Gasteiger partial charge < -0.3 is 0 Å². The van der Waals surface area contributed by atoms with Crippen molar-refractivity contribution in [1.82, 2.24) is 14.3 Å². The van der Waals surface area contributed by atoms with Crippen LogP contribution >= 0.6 is 23.1 Å². The van der Waals surface area contributed by atoms with E-state index in [0.717, 1.165) is 26.2 Å². The van der Waals surface area contributed by atoms with Crippen molar-refractivity contribution in [2.75, 3.05) is 24.2 Å². The first kappa shape index (κ1) is 26.8. The number of thioether (sulfide) groups is 1. The first-order valence-electron chi connectivity index (χ1n) is 12.5. The SMILES string of the molecule is CSc1ccc(S(=O)(=O)N2CCC(C(=O)N(Cc3cccnc3)c3nc4cc(C)c(C)cc4s3)CC2)cc1. The van der Waals surface area contributed by atoms with Gasteiger partial charge in [0.1, 0.15) is 0 Å². The molecule has 10 heteroatoms. The Kier molecular flexibility index (Phi) is 7.85. The maximum Gasteiger partial charge on any atom is 0.243 e. The summed E-state index contributed by atoms with van der Waals surface area (Å²) in [4.78, 5) is 26.0. The molecule has 0 atom stereocenters. The molecule has 1 amide bonds. The molecule has 0 bridgehead atoms. The summed E-state index contributed by atoms with van der Waals surface area (Å²) in [5.74, 6) is -0.310.